The standard InChI is InChI=1S/C14H20N2O/c1-3-4-5-8-13(17-2)12-11-15-14-9-6-7-10-16(12)14/h6-7,9-11,13H,3-5,8H2,1-2H3. The molecule has 1 atom stereocenters. The molecule has 0 bridgehead atoms. The molecule has 0 aliphatic carbocycles. The summed E-state index contributed by atoms with van der Waals surface area (Å²) in [5, 5.41) is 0. The van der Waals surface area contributed by atoms with E-state index in [1.165, 1.54) is 19.3 Å². The van der Waals surface area contributed by atoms with Gasteiger partial charge in [0.15, 0.2) is 0 Å². The molecule has 3 heteroatoms. The first-order valence-corrected chi connectivity index (χ1v) is 6.31. The molecule has 0 spiro atoms. The van der Waals surface area contributed by atoms with Gasteiger partial charge in [-0.25, -0.2) is 4.98 Å². The molecule has 0 aliphatic rings. The Morgan fingerprint density at radius 3 is 3.00 bits per heavy atom. The number of pyridine rings is 1. The molecule has 2 rings (SSSR count). The fourth-order valence-corrected chi connectivity index (χ4v) is 2.16. The molecule has 0 aromatic carbocycles. The lowest BCUT2D eigenvalue weighted by Gasteiger charge is -2.14. The molecule has 0 N–H and O–H groups in total. The normalized spacial score (nSPS) is 13.1. The van der Waals surface area contributed by atoms with E-state index >= 15 is 0 Å². The van der Waals surface area contributed by atoms with E-state index in [-0.39, 0.29) is 6.10 Å². The maximum atomic E-state index is 5.59. The molecule has 0 saturated carbocycles. The molecule has 92 valence electrons. The van der Waals surface area contributed by atoms with E-state index in [2.05, 4.69) is 16.3 Å². The lowest BCUT2D eigenvalue weighted by Crippen LogP contribution is -2.04. The Bertz CT molecular complexity index is 464. The summed E-state index contributed by atoms with van der Waals surface area (Å²) in [5.41, 5.74) is 2.14. The summed E-state index contributed by atoms with van der Waals surface area (Å²) in [7, 11) is 1.78. The SMILES string of the molecule is CCCCCC(OC)c1cnc2ccccn12. The summed E-state index contributed by atoms with van der Waals surface area (Å²) in [5.74, 6) is 0. The van der Waals surface area contributed by atoms with Gasteiger partial charge in [0.2, 0.25) is 0 Å². The number of methoxy groups -OCH3 is 1. The van der Waals surface area contributed by atoms with Crippen molar-refractivity contribution in [2.45, 2.75) is 38.7 Å². The van der Waals surface area contributed by atoms with Gasteiger partial charge in [-0.2, -0.15) is 0 Å². The van der Waals surface area contributed by atoms with Gasteiger partial charge in [-0.3, -0.25) is 0 Å². The quantitative estimate of drug-likeness (QED) is 0.711. The molecule has 17 heavy (non-hydrogen) atoms. The Balaban J connectivity index is 2.18. The van der Waals surface area contributed by atoms with E-state index in [1.807, 2.05) is 30.6 Å². The Kier molecular flexibility index (Phi) is 4.15. The number of nitrogens with zero attached hydrogens (tertiary/aromatic N) is 2. The summed E-state index contributed by atoms with van der Waals surface area (Å²) in [4.78, 5) is 4.40. The van der Waals surface area contributed by atoms with Crippen LogP contribution in [0.15, 0.2) is 30.6 Å². The second-order valence-electron chi connectivity index (χ2n) is 4.33. The monoisotopic (exact) mass is 232 g/mol. The number of hydrogen-bond donors (Lipinski definition) is 0. The van der Waals surface area contributed by atoms with Crippen molar-refractivity contribution >= 4 is 5.65 Å². The number of rotatable bonds is 6. The minimum Gasteiger partial charge on any atom is -0.375 e. The minimum absolute atomic E-state index is 0.152. The van der Waals surface area contributed by atoms with E-state index in [4.69, 9.17) is 4.74 Å². The van der Waals surface area contributed by atoms with Crippen LogP contribution in [0.2, 0.25) is 0 Å². The third kappa shape index (κ3) is 2.67. The van der Waals surface area contributed by atoms with E-state index in [0.717, 1.165) is 17.8 Å². The number of aromatic nitrogens is 2. The lowest BCUT2D eigenvalue weighted by molar-refractivity contribution is 0.0890. The first-order valence-electron chi connectivity index (χ1n) is 6.31. The van der Waals surface area contributed by atoms with Crippen LogP contribution in [-0.4, -0.2) is 16.5 Å². The Labute approximate surface area is 102 Å². The third-order valence-corrected chi connectivity index (χ3v) is 3.13. The Morgan fingerprint density at radius 2 is 2.24 bits per heavy atom. The summed E-state index contributed by atoms with van der Waals surface area (Å²) in [6.07, 6.45) is 8.89. The van der Waals surface area contributed by atoms with Crippen molar-refractivity contribution in [3.05, 3.63) is 36.3 Å². The maximum Gasteiger partial charge on any atom is 0.136 e. The topological polar surface area (TPSA) is 26.5 Å². The number of unbranched alkanes of at least 4 members (excludes halogenated alkanes) is 2. The van der Waals surface area contributed by atoms with Crippen LogP contribution in [0.3, 0.4) is 0 Å². The van der Waals surface area contributed by atoms with Gasteiger partial charge in [0.25, 0.3) is 0 Å². The predicted molar refractivity (Wildman–Crippen MR) is 69.1 cm³/mol. The molecule has 1 unspecified atom stereocenters. The molecule has 0 amide bonds. The van der Waals surface area contributed by atoms with Crippen LogP contribution in [0.4, 0.5) is 0 Å². The largest absolute Gasteiger partial charge is 0.375 e. The van der Waals surface area contributed by atoms with Crippen LogP contribution in [-0.2, 0) is 4.74 Å². The van der Waals surface area contributed by atoms with Gasteiger partial charge in [-0.05, 0) is 18.6 Å². The number of fused-ring (bicyclic) bond motifs is 1. The highest BCUT2D eigenvalue weighted by molar-refractivity contribution is 5.40. The van der Waals surface area contributed by atoms with E-state index in [1.54, 1.807) is 7.11 Å². The number of imidazole rings is 1. The maximum absolute atomic E-state index is 5.59. The predicted octanol–water partition coefficient (Wildman–Crippen LogP) is 3.60. The zero-order chi connectivity index (χ0) is 12.1. The average Bonchev–Trinajstić information content (AvgIpc) is 2.79. The third-order valence-electron chi connectivity index (χ3n) is 3.13. The highest BCUT2D eigenvalue weighted by atomic mass is 16.5. The fourth-order valence-electron chi connectivity index (χ4n) is 2.16. The van der Waals surface area contributed by atoms with Crippen molar-refractivity contribution in [1.29, 1.82) is 0 Å². The molecule has 0 saturated heterocycles. The van der Waals surface area contributed by atoms with Gasteiger partial charge in [0, 0.05) is 13.3 Å². The van der Waals surface area contributed by atoms with Crippen LogP contribution in [0.1, 0.15) is 44.4 Å². The van der Waals surface area contributed by atoms with Crippen LogP contribution in [0, 0.1) is 0 Å². The van der Waals surface area contributed by atoms with Gasteiger partial charge < -0.3 is 9.14 Å². The summed E-state index contributed by atoms with van der Waals surface area (Å²) >= 11 is 0. The second-order valence-corrected chi connectivity index (χ2v) is 4.33. The first kappa shape index (κ1) is 12.1. The zero-order valence-corrected chi connectivity index (χ0v) is 10.6. The molecule has 2 heterocycles. The number of ether oxygens (including phenoxy) is 1. The van der Waals surface area contributed by atoms with Crippen molar-refractivity contribution < 1.29 is 4.74 Å². The lowest BCUT2D eigenvalue weighted by atomic mass is 10.1. The zero-order valence-electron chi connectivity index (χ0n) is 10.6. The van der Waals surface area contributed by atoms with Crippen LogP contribution < -0.4 is 0 Å². The van der Waals surface area contributed by atoms with Crippen molar-refractivity contribution in [3.63, 3.8) is 0 Å². The molecular formula is C14H20N2O. The Morgan fingerprint density at radius 1 is 1.35 bits per heavy atom. The van der Waals surface area contributed by atoms with Crippen molar-refractivity contribution in [2.75, 3.05) is 7.11 Å². The van der Waals surface area contributed by atoms with Gasteiger partial charge >= 0.3 is 0 Å². The van der Waals surface area contributed by atoms with Crippen molar-refractivity contribution in [3.8, 4) is 0 Å². The molecule has 0 aliphatic heterocycles. The smallest absolute Gasteiger partial charge is 0.136 e. The van der Waals surface area contributed by atoms with Gasteiger partial charge in [0.1, 0.15) is 5.65 Å². The molecular weight excluding hydrogens is 212 g/mol. The summed E-state index contributed by atoms with van der Waals surface area (Å²) in [6.45, 7) is 2.22. The summed E-state index contributed by atoms with van der Waals surface area (Å²) in [6, 6.07) is 6.05. The number of hydrogen-bond acceptors (Lipinski definition) is 2. The molecule has 0 fully saturated rings. The van der Waals surface area contributed by atoms with E-state index < -0.39 is 0 Å². The highest BCUT2D eigenvalue weighted by Crippen LogP contribution is 2.23. The molecule has 2 aromatic heterocycles. The minimum atomic E-state index is 0.152. The van der Waals surface area contributed by atoms with E-state index in [0.29, 0.717) is 0 Å². The fraction of sp³-hybridized carbons (Fsp3) is 0.500. The van der Waals surface area contributed by atoms with Crippen LogP contribution in [0.5, 0.6) is 0 Å². The molecule has 0 radical (unpaired) electrons. The van der Waals surface area contributed by atoms with Gasteiger partial charge in [0.05, 0.1) is 18.0 Å². The van der Waals surface area contributed by atoms with Crippen LogP contribution >= 0.6 is 0 Å². The van der Waals surface area contributed by atoms with Crippen molar-refractivity contribution in [2.24, 2.45) is 0 Å². The summed E-state index contributed by atoms with van der Waals surface area (Å²) < 4.78 is 7.70. The van der Waals surface area contributed by atoms with E-state index in [9.17, 15) is 0 Å². The molecule has 3 nitrogen and oxygen atoms in total. The van der Waals surface area contributed by atoms with Gasteiger partial charge in [-0.1, -0.05) is 32.3 Å². The average molecular weight is 232 g/mol. The molecule has 2 aromatic rings. The first-order chi connectivity index (χ1) is 8.36. The van der Waals surface area contributed by atoms with Crippen LogP contribution in [0.25, 0.3) is 5.65 Å². The Hall–Kier alpha value is -1.35. The second kappa shape index (κ2) is 5.82. The van der Waals surface area contributed by atoms with Gasteiger partial charge in [-0.15, -0.1) is 0 Å². The van der Waals surface area contributed by atoms with Crippen molar-refractivity contribution in [1.82, 2.24) is 9.38 Å². The highest BCUT2D eigenvalue weighted by Gasteiger charge is 2.14.